The minimum absolute atomic E-state index is 0.0845. The van der Waals surface area contributed by atoms with E-state index in [0.717, 1.165) is 10.2 Å². The van der Waals surface area contributed by atoms with Gasteiger partial charge in [-0.15, -0.1) is 0 Å². The summed E-state index contributed by atoms with van der Waals surface area (Å²) in [7, 11) is -2.96. The van der Waals surface area contributed by atoms with Gasteiger partial charge < -0.3 is 5.32 Å². The molecule has 0 saturated carbocycles. The van der Waals surface area contributed by atoms with Gasteiger partial charge in [-0.05, 0) is 42.8 Å². The first-order valence-corrected chi connectivity index (χ1v) is 9.68. The lowest BCUT2D eigenvalue weighted by atomic mass is 10.1. The van der Waals surface area contributed by atoms with E-state index in [0.29, 0.717) is 6.42 Å². The Kier molecular flexibility index (Phi) is 5.76. The number of carbonyl (C=O) groups is 1. The number of hydrazine groups is 1. The summed E-state index contributed by atoms with van der Waals surface area (Å²) in [5.74, 6) is -0.138. The number of hydrogen-bond acceptors (Lipinski definition) is 4. The van der Waals surface area contributed by atoms with Crippen LogP contribution in [0.3, 0.4) is 0 Å². The third-order valence-electron chi connectivity index (χ3n) is 3.20. The van der Waals surface area contributed by atoms with Crippen LogP contribution in [0.15, 0.2) is 28.7 Å². The SMILES string of the molecule is O=C(C[C@@H]1CCS(=O)(=O)C1)NNC(=S)Nc1cccc(Br)c1. The molecule has 22 heavy (non-hydrogen) atoms. The molecule has 3 N–H and O–H groups in total. The van der Waals surface area contributed by atoms with Crippen molar-refractivity contribution in [2.75, 3.05) is 16.8 Å². The fourth-order valence-corrected chi connectivity index (χ4v) is 4.63. The van der Waals surface area contributed by atoms with Crippen molar-refractivity contribution in [2.24, 2.45) is 5.92 Å². The van der Waals surface area contributed by atoms with E-state index in [4.69, 9.17) is 12.2 Å². The van der Waals surface area contributed by atoms with Crippen LogP contribution < -0.4 is 16.2 Å². The summed E-state index contributed by atoms with van der Waals surface area (Å²) >= 11 is 8.42. The molecule has 1 amide bonds. The van der Waals surface area contributed by atoms with Gasteiger partial charge in [0.1, 0.15) is 0 Å². The van der Waals surface area contributed by atoms with Gasteiger partial charge in [-0.1, -0.05) is 22.0 Å². The normalized spacial score (nSPS) is 19.4. The van der Waals surface area contributed by atoms with Crippen LogP contribution in [0.5, 0.6) is 0 Å². The highest BCUT2D eigenvalue weighted by molar-refractivity contribution is 9.10. The molecular formula is C13H16BrN3O3S2. The summed E-state index contributed by atoms with van der Waals surface area (Å²) < 4.78 is 23.6. The first-order valence-electron chi connectivity index (χ1n) is 6.66. The molecule has 0 unspecified atom stereocenters. The van der Waals surface area contributed by atoms with Crippen molar-refractivity contribution < 1.29 is 13.2 Å². The highest BCUT2D eigenvalue weighted by atomic mass is 79.9. The van der Waals surface area contributed by atoms with Crippen LogP contribution in [0.25, 0.3) is 0 Å². The van der Waals surface area contributed by atoms with Crippen LogP contribution in [0.1, 0.15) is 12.8 Å². The Morgan fingerprint density at radius 3 is 2.77 bits per heavy atom. The van der Waals surface area contributed by atoms with Gasteiger partial charge in [-0.2, -0.15) is 0 Å². The number of nitrogens with one attached hydrogen (secondary N) is 3. The molecule has 1 aromatic rings. The Morgan fingerprint density at radius 1 is 1.36 bits per heavy atom. The summed E-state index contributed by atoms with van der Waals surface area (Å²) in [6, 6.07) is 7.43. The van der Waals surface area contributed by atoms with Gasteiger partial charge in [0.2, 0.25) is 5.91 Å². The number of rotatable bonds is 3. The number of sulfone groups is 1. The lowest BCUT2D eigenvalue weighted by Crippen LogP contribution is -2.44. The molecule has 1 fully saturated rings. The summed E-state index contributed by atoms with van der Waals surface area (Å²) in [6.07, 6.45) is 0.711. The second-order valence-electron chi connectivity index (χ2n) is 5.11. The number of thiocarbonyl (C=S) groups is 1. The van der Waals surface area contributed by atoms with Crippen molar-refractivity contribution in [3.05, 3.63) is 28.7 Å². The molecule has 9 heteroatoms. The van der Waals surface area contributed by atoms with Crippen molar-refractivity contribution in [3.8, 4) is 0 Å². The summed E-state index contributed by atoms with van der Waals surface area (Å²) in [6.45, 7) is 0. The van der Waals surface area contributed by atoms with Crippen LogP contribution in [0, 0.1) is 5.92 Å². The zero-order valence-corrected chi connectivity index (χ0v) is 14.9. The Balaban J connectivity index is 1.73. The molecule has 0 radical (unpaired) electrons. The zero-order chi connectivity index (χ0) is 16.2. The van der Waals surface area contributed by atoms with E-state index in [1.807, 2.05) is 24.3 Å². The van der Waals surface area contributed by atoms with Gasteiger partial charge in [-0.25, -0.2) is 8.42 Å². The van der Waals surface area contributed by atoms with E-state index in [-0.39, 0.29) is 34.9 Å². The Labute approximate surface area is 143 Å². The molecule has 0 spiro atoms. The molecule has 1 heterocycles. The number of benzene rings is 1. The van der Waals surface area contributed by atoms with E-state index in [9.17, 15) is 13.2 Å². The Morgan fingerprint density at radius 2 is 2.14 bits per heavy atom. The maximum absolute atomic E-state index is 11.8. The Bertz CT molecular complexity index is 679. The number of halogens is 1. The van der Waals surface area contributed by atoms with Crippen molar-refractivity contribution in [2.45, 2.75) is 12.8 Å². The van der Waals surface area contributed by atoms with Crippen LogP contribution >= 0.6 is 28.1 Å². The lowest BCUT2D eigenvalue weighted by Gasteiger charge is -2.13. The Hall–Kier alpha value is -1.19. The third kappa shape index (κ3) is 5.54. The van der Waals surface area contributed by atoms with Crippen LogP contribution in [-0.4, -0.2) is 30.9 Å². The van der Waals surface area contributed by atoms with E-state index < -0.39 is 9.84 Å². The fourth-order valence-electron chi connectivity index (χ4n) is 2.20. The highest BCUT2D eigenvalue weighted by Crippen LogP contribution is 2.21. The average molecular weight is 406 g/mol. The van der Waals surface area contributed by atoms with Crippen molar-refractivity contribution >= 4 is 54.7 Å². The average Bonchev–Trinajstić information content (AvgIpc) is 2.75. The smallest absolute Gasteiger partial charge is 0.238 e. The second-order valence-corrected chi connectivity index (χ2v) is 8.66. The minimum atomic E-state index is -2.96. The van der Waals surface area contributed by atoms with Crippen LogP contribution in [0.4, 0.5) is 5.69 Å². The predicted octanol–water partition coefficient (Wildman–Crippen LogP) is 1.59. The molecule has 0 aromatic heterocycles. The summed E-state index contributed by atoms with van der Waals surface area (Å²) in [4.78, 5) is 11.8. The molecular weight excluding hydrogens is 390 g/mol. The van der Waals surface area contributed by atoms with Crippen molar-refractivity contribution in [3.63, 3.8) is 0 Å². The van der Waals surface area contributed by atoms with Gasteiger partial charge in [0.15, 0.2) is 14.9 Å². The van der Waals surface area contributed by atoms with Crippen LogP contribution in [-0.2, 0) is 14.6 Å². The van der Waals surface area contributed by atoms with Crippen molar-refractivity contribution in [1.82, 2.24) is 10.9 Å². The van der Waals surface area contributed by atoms with Crippen LogP contribution in [0.2, 0.25) is 0 Å². The number of hydrogen-bond donors (Lipinski definition) is 3. The monoisotopic (exact) mass is 405 g/mol. The molecule has 6 nitrogen and oxygen atoms in total. The van der Waals surface area contributed by atoms with Gasteiger partial charge in [0, 0.05) is 16.6 Å². The number of amides is 1. The summed E-state index contributed by atoms with van der Waals surface area (Å²) in [5, 5.41) is 3.18. The standard InChI is InChI=1S/C13H16BrN3O3S2/c14-10-2-1-3-11(7-10)15-13(21)17-16-12(18)6-9-4-5-22(19,20)8-9/h1-3,7,9H,4-6,8H2,(H,16,18)(H2,15,17,21)/t9-/m0/s1. The van der Waals surface area contributed by atoms with E-state index in [2.05, 4.69) is 32.1 Å². The molecule has 120 valence electrons. The zero-order valence-electron chi connectivity index (χ0n) is 11.6. The maximum atomic E-state index is 11.8. The quantitative estimate of drug-likeness (QED) is 0.522. The number of anilines is 1. The molecule has 1 aliphatic rings. The molecule has 2 rings (SSSR count). The molecule has 1 aromatic carbocycles. The summed E-state index contributed by atoms with van der Waals surface area (Å²) in [5.41, 5.74) is 5.85. The second kappa shape index (κ2) is 7.38. The van der Waals surface area contributed by atoms with E-state index in [1.165, 1.54) is 0 Å². The van der Waals surface area contributed by atoms with Gasteiger partial charge >= 0.3 is 0 Å². The fraction of sp³-hybridized carbons (Fsp3) is 0.385. The molecule has 1 atom stereocenters. The lowest BCUT2D eigenvalue weighted by molar-refractivity contribution is -0.122. The largest absolute Gasteiger partial charge is 0.331 e. The molecule has 1 aliphatic heterocycles. The molecule has 0 aliphatic carbocycles. The first-order chi connectivity index (χ1) is 10.3. The third-order valence-corrected chi connectivity index (χ3v) is 5.73. The van der Waals surface area contributed by atoms with Crippen molar-refractivity contribution in [1.29, 1.82) is 0 Å². The minimum Gasteiger partial charge on any atom is -0.331 e. The van der Waals surface area contributed by atoms with Gasteiger partial charge in [-0.3, -0.25) is 15.6 Å². The molecule has 1 saturated heterocycles. The van der Waals surface area contributed by atoms with Gasteiger partial charge in [0.05, 0.1) is 11.5 Å². The maximum Gasteiger partial charge on any atom is 0.238 e. The van der Waals surface area contributed by atoms with Gasteiger partial charge in [0.25, 0.3) is 0 Å². The predicted molar refractivity (Wildman–Crippen MR) is 93.0 cm³/mol. The highest BCUT2D eigenvalue weighted by Gasteiger charge is 2.29. The molecule has 0 bridgehead atoms. The van der Waals surface area contributed by atoms with E-state index in [1.54, 1.807) is 0 Å². The topological polar surface area (TPSA) is 87.3 Å². The first kappa shape index (κ1) is 17.2. The van der Waals surface area contributed by atoms with E-state index >= 15 is 0 Å². The number of carbonyl (C=O) groups excluding carboxylic acids is 1.